The molecule has 1 spiro atoms. The van der Waals surface area contributed by atoms with Gasteiger partial charge in [0.05, 0.1) is 18.6 Å². The number of hydrogen-bond acceptors (Lipinski definition) is 6. The third-order valence-corrected chi connectivity index (χ3v) is 9.00. The molecule has 5 rings (SSSR count). The SMILES string of the molecule is O=C1C[C@@H](C(=O)NCCc2ccccc2)NC(=O)c2ccccc2OCCCNC(=O)[C@H](Cc2ccccc2)NC(=O)C2(CCCCC2)N1. The van der Waals surface area contributed by atoms with Gasteiger partial charge in [-0.05, 0) is 48.9 Å². The predicted molar refractivity (Wildman–Crippen MR) is 185 cm³/mol. The van der Waals surface area contributed by atoms with E-state index in [0.717, 1.165) is 17.5 Å². The lowest BCUT2D eigenvalue weighted by Gasteiger charge is -2.38. The molecule has 0 radical (unpaired) electrons. The third kappa shape index (κ3) is 9.91. The molecule has 3 aromatic rings. The van der Waals surface area contributed by atoms with Crippen LogP contribution in [0.3, 0.4) is 0 Å². The maximum Gasteiger partial charge on any atom is 0.255 e. The van der Waals surface area contributed by atoms with E-state index < -0.39 is 47.7 Å². The predicted octanol–water partition coefficient (Wildman–Crippen LogP) is 2.98. The molecule has 0 saturated heterocycles. The zero-order valence-corrected chi connectivity index (χ0v) is 27.7. The minimum atomic E-state index is -1.27. The van der Waals surface area contributed by atoms with Crippen LogP contribution in [0.25, 0.3) is 0 Å². The maximum absolute atomic E-state index is 14.1. The third-order valence-electron chi connectivity index (χ3n) is 9.00. The van der Waals surface area contributed by atoms with E-state index in [1.165, 1.54) is 0 Å². The van der Waals surface area contributed by atoms with Crippen LogP contribution in [-0.2, 0) is 32.0 Å². The van der Waals surface area contributed by atoms with E-state index in [0.29, 0.717) is 50.8 Å². The van der Waals surface area contributed by atoms with Crippen molar-refractivity contribution in [3.63, 3.8) is 0 Å². The molecular formula is C38H45N5O6. The Labute approximate surface area is 287 Å². The Hall–Kier alpha value is -5.19. The number of carbonyl (C=O) groups excluding carboxylic acids is 5. The van der Waals surface area contributed by atoms with Crippen LogP contribution in [-0.4, -0.2) is 66.9 Å². The highest BCUT2D eigenvalue weighted by Crippen LogP contribution is 2.29. The van der Waals surface area contributed by atoms with Gasteiger partial charge in [-0.15, -0.1) is 0 Å². The molecule has 1 aliphatic carbocycles. The Morgan fingerprint density at radius 3 is 2.20 bits per heavy atom. The van der Waals surface area contributed by atoms with Gasteiger partial charge in [0.2, 0.25) is 23.6 Å². The first-order chi connectivity index (χ1) is 23.8. The van der Waals surface area contributed by atoms with Gasteiger partial charge in [0.1, 0.15) is 23.4 Å². The Balaban J connectivity index is 1.41. The van der Waals surface area contributed by atoms with Crippen molar-refractivity contribution in [2.75, 3.05) is 19.7 Å². The zero-order chi connectivity index (χ0) is 34.5. The van der Waals surface area contributed by atoms with Gasteiger partial charge in [0.15, 0.2) is 0 Å². The average Bonchev–Trinajstić information content (AvgIpc) is 3.11. The number of para-hydroxylation sites is 1. The first-order valence-electron chi connectivity index (χ1n) is 17.1. The van der Waals surface area contributed by atoms with E-state index in [9.17, 15) is 24.0 Å². The lowest BCUT2D eigenvalue weighted by Crippen LogP contribution is -2.63. The van der Waals surface area contributed by atoms with E-state index in [2.05, 4.69) is 26.6 Å². The summed E-state index contributed by atoms with van der Waals surface area (Å²) in [5, 5.41) is 14.4. The summed E-state index contributed by atoms with van der Waals surface area (Å²) >= 11 is 0. The summed E-state index contributed by atoms with van der Waals surface area (Å²) in [5.74, 6) is -2.12. The summed E-state index contributed by atoms with van der Waals surface area (Å²) in [6.45, 7) is 0.782. The largest absolute Gasteiger partial charge is 0.493 e. The minimum absolute atomic E-state index is 0.204. The topological polar surface area (TPSA) is 155 Å². The Morgan fingerprint density at radius 2 is 1.47 bits per heavy atom. The van der Waals surface area contributed by atoms with E-state index in [-0.39, 0.29) is 31.0 Å². The number of ether oxygens (including phenoxy) is 1. The van der Waals surface area contributed by atoms with Gasteiger partial charge in [-0.2, -0.15) is 0 Å². The van der Waals surface area contributed by atoms with Gasteiger partial charge in [-0.3, -0.25) is 24.0 Å². The van der Waals surface area contributed by atoms with Crippen LogP contribution in [0.15, 0.2) is 84.9 Å². The number of benzene rings is 3. The molecule has 5 amide bonds. The summed E-state index contributed by atoms with van der Waals surface area (Å²) in [6.07, 6.45) is 3.98. The first kappa shape index (κ1) is 35.1. The highest BCUT2D eigenvalue weighted by atomic mass is 16.5. The quantitative estimate of drug-likeness (QED) is 0.273. The number of nitrogens with one attached hydrogen (secondary N) is 5. The van der Waals surface area contributed by atoms with Crippen LogP contribution in [0.4, 0.5) is 0 Å². The van der Waals surface area contributed by atoms with Crippen molar-refractivity contribution < 1.29 is 28.7 Å². The Morgan fingerprint density at radius 1 is 0.796 bits per heavy atom. The molecule has 1 aliphatic heterocycles. The van der Waals surface area contributed by atoms with Crippen LogP contribution in [0.5, 0.6) is 5.75 Å². The molecule has 2 atom stereocenters. The normalized spacial score (nSPS) is 20.6. The van der Waals surface area contributed by atoms with Crippen molar-refractivity contribution >= 4 is 29.5 Å². The Kier molecular flexibility index (Phi) is 12.4. The summed E-state index contributed by atoms with van der Waals surface area (Å²) in [5.41, 5.74) is 0.851. The zero-order valence-electron chi connectivity index (χ0n) is 27.7. The molecule has 5 N–H and O–H groups in total. The fraction of sp³-hybridized carbons (Fsp3) is 0.395. The van der Waals surface area contributed by atoms with Crippen LogP contribution < -0.4 is 31.3 Å². The van der Waals surface area contributed by atoms with E-state index in [1.54, 1.807) is 24.3 Å². The highest BCUT2D eigenvalue weighted by Gasteiger charge is 2.43. The van der Waals surface area contributed by atoms with Crippen molar-refractivity contribution in [1.82, 2.24) is 26.6 Å². The summed E-state index contributed by atoms with van der Waals surface area (Å²) in [7, 11) is 0. The van der Waals surface area contributed by atoms with Crippen molar-refractivity contribution in [3.8, 4) is 5.75 Å². The van der Waals surface area contributed by atoms with Crippen LogP contribution in [0.2, 0.25) is 0 Å². The van der Waals surface area contributed by atoms with Crippen molar-refractivity contribution in [2.24, 2.45) is 0 Å². The first-order valence-corrected chi connectivity index (χ1v) is 17.1. The minimum Gasteiger partial charge on any atom is -0.493 e. The van der Waals surface area contributed by atoms with E-state index in [1.807, 2.05) is 60.7 Å². The summed E-state index contributed by atoms with van der Waals surface area (Å²) in [4.78, 5) is 68.4. The molecule has 11 nitrogen and oxygen atoms in total. The monoisotopic (exact) mass is 667 g/mol. The van der Waals surface area contributed by atoms with Crippen LogP contribution in [0, 0.1) is 0 Å². The molecule has 1 heterocycles. The van der Waals surface area contributed by atoms with Crippen molar-refractivity contribution in [3.05, 3.63) is 102 Å². The van der Waals surface area contributed by atoms with Gasteiger partial charge < -0.3 is 31.3 Å². The second-order valence-corrected chi connectivity index (χ2v) is 12.7. The van der Waals surface area contributed by atoms with Gasteiger partial charge in [-0.25, -0.2) is 0 Å². The van der Waals surface area contributed by atoms with Crippen LogP contribution in [0.1, 0.15) is 66.4 Å². The average molecular weight is 668 g/mol. The molecular weight excluding hydrogens is 622 g/mol. The number of fused-ring (bicyclic) bond motifs is 1. The Bertz CT molecular complexity index is 1590. The fourth-order valence-corrected chi connectivity index (χ4v) is 6.34. The van der Waals surface area contributed by atoms with Gasteiger partial charge in [0, 0.05) is 19.5 Å². The second kappa shape index (κ2) is 17.3. The lowest BCUT2D eigenvalue weighted by atomic mass is 9.80. The second-order valence-electron chi connectivity index (χ2n) is 12.7. The molecule has 0 bridgehead atoms. The fourth-order valence-electron chi connectivity index (χ4n) is 6.34. The standard InChI is InChI=1S/C38H45N5O6/c44-33-26-31(36(47)40-23-19-27-13-4-1-5-14-27)41-34(45)29-17-8-9-18-32(29)49-24-12-22-39-35(46)30(25-28-15-6-2-7-16-28)42-37(48)38(43-33)20-10-3-11-21-38/h1-2,4-9,13-18,30-31H,3,10-12,19-26H2,(H,39,46)(H,40,47)(H,41,45)(H,42,48)(H,43,44)/t30-,31-/m0/s1. The highest BCUT2D eigenvalue weighted by molar-refractivity contribution is 6.01. The van der Waals surface area contributed by atoms with E-state index >= 15 is 0 Å². The summed E-state index contributed by atoms with van der Waals surface area (Å²) < 4.78 is 5.92. The molecule has 49 heavy (non-hydrogen) atoms. The maximum atomic E-state index is 14.1. The molecule has 11 heteroatoms. The molecule has 1 fully saturated rings. The molecule has 2 aliphatic rings. The van der Waals surface area contributed by atoms with E-state index in [4.69, 9.17) is 4.74 Å². The number of carbonyl (C=O) groups is 5. The molecule has 1 saturated carbocycles. The number of hydrogen-bond donors (Lipinski definition) is 5. The van der Waals surface area contributed by atoms with Crippen molar-refractivity contribution in [1.29, 1.82) is 0 Å². The van der Waals surface area contributed by atoms with Gasteiger partial charge in [-0.1, -0.05) is 92.1 Å². The molecule has 0 unspecified atom stereocenters. The smallest absolute Gasteiger partial charge is 0.255 e. The number of rotatable bonds is 6. The summed E-state index contributed by atoms with van der Waals surface area (Å²) in [6, 6.07) is 23.7. The van der Waals surface area contributed by atoms with Gasteiger partial charge >= 0.3 is 0 Å². The molecule has 0 aromatic heterocycles. The molecule has 3 aromatic carbocycles. The molecule has 258 valence electrons. The van der Waals surface area contributed by atoms with Crippen LogP contribution >= 0.6 is 0 Å². The lowest BCUT2D eigenvalue weighted by molar-refractivity contribution is -0.138. The van der Waals surface area contributed by atoms with Crippen molar-refractivity contribution in [2.45, 2.75) is 75.4 Å². The van der Waals surface area contributed by atoms with Gasteiger partial charge in [0.25, 0.3) is 5.91 Å². The number of amides is 5.